The zero-order valence-corrected chi connectivity index (χ0v) is 12.7. The maximum absolute atomic E-state index is 12.4. The highest BCUT2D eigenvalue weighted by Gasteiger charge is 2.16. The number of nitrogens with one attached hydrogen (secondary N) is 1. The predicted molar refractivity (Wildman–Crippen MR) is 83.1 cm³/mol. The second-order valence-electron chi connectivity index (χ2n) is 5.16. The molecule has 0 bridgehead atoms. The number of hydrogen-bond donors (Lipinski definition) is 1. The Morgan fingerprint density at radius 3 is 2.91 bits per heavy atom. The molecule has 0 aliphatic carbocycles. The molecule has 1 aliphatic rings. The minimum atomic E-state index is -0.345. The number of pyridine rings is 1. The van der Waals surface area contributed by atoms with E-state index in [2.05, 4.69) is 20.3 Å². The monoisotopic (exact) mass is 312 g/mol. The van der Waals surface area contributed by atoms with Crippen molar-refractivity contribution in [3.63, 3.8) is 0 Å². The molecule has 23 heavy (non-hydrogen) atoms. The van der Waals surface area contributed by atoms with Gasteiger partial charge in [0.2, 0.25) is 0 Å². The summed E-state index contributed by atoms with van der Waals surface area (Å²) in [6, 6.07) is 3.78. The van der Waals surface area contributed by atoms with E-state index in [0.29, 0.717) is 24.3 Å². The highest BCUT2D eigenvalue weighted by molar-refractivity contribution is 6.04. The number of anilines is 2. The van der Waals surface area contributed by atoms with E-state index in [1.54, 1.807) is 25.5 Å². The van der Waals surface area contributed by atoms with Gasteiger partial charge in [0.15, 0.2) is 5.82 Å². The molecule has 1 amide bonds. The van der Waals surface area contributed by atoms with Crippen molar-refractivity contribution in [3.05, 3.63) is 35.8 Å². The number of carbonyl (C=O) groups excluding carboxylic acids is 1. The first-order valence-corrected chi connectivity index (χ1v) is 7.20. The van der Waals surface area contributed by atoms with Crippen LogP contribution in [0.2, 0.25) is 0 Å². The van der Waals surface area contributed by atoms with Gasteiger partial charge in [0.25, 0.3) is 5.91 Å². The van der Waals surface area contributed by atoms with Crippen molar-refractivity contribution in [2.75, 3.05) is 36.5 Å². The fourth-order valence-corrected chi connectivity index (χ4v) is 2.39. The summed E-state index contributed by atoms with van der Waals surface area (Å²) in [5, 5.41) is 15.8. The summed E-state index contributed by atoms with van der Waals surface area (Å²) < 4.78 is 6.81. The first kappa shape index (κ1) is 15.0. The second-order valence-corrected chi connectivity index (χ2v) is 5.16. The molecule has 0 saturated carbocycles. The van der Waals surface area contributed by atoms with Gasteiger partial charge < -0.3 is 15.0 Å². The normalized spacial score (nSPS) is 14.3. The molecule has 1 N–H and O–H groups in total. The van der Waals surface area contributed by atoms with Gasteiger partial charge in [-0.05, 0) is 6.07 Å². The average Bonchev–Trinajstić information content (AvgIpc) is 2.95. The Morgan fingerprint density at radius 1 is 1.39 bits per heavy atom. The van der Waals surface area contributed by atoms with E-state index in [-0.39, 0.29) is 11.7 Å². The van der Waals surface area contributed by atoms with Gasteiger partial charge in [-0.3, -0.25) is 14.5 Å². The third-order valence-corrected chi connectivity index (χ3v) is 3.54. The molecule has 8 nitrogen and oxygen atoms in total. The number of nitriles is 1. The molecule has 3 heterocycles. The summed E-state index contributed by atoms with van der Waals surface area (Å²) in [7, 11) is 1.69. The number of carbonyl (C=O) groups is 1. The summed E-state index contributed by atoms with van der Waals surface area (Å²) in [6.45, 7) is 2.86. The van der Waals surface area contributed by atoms with E-state index in [0.717, 1.165) is 18.8 Å². The number of amides is 1. The van der Waals surface area contributed by atoms with Crippen molar-refractivity contribution in [2.24, 2.45) is 7.05 Å². The van der Waals surface area contributed by atoms with Gasteiger partial charge in [0, 0.05) is 32.5 Å². The highest BCUT2D eigenvalue weighted by Crippen LogP contribution is 2.18. The Kier molecular flexibility index (Phi) is 4.21. The molecule has 0 radical (unpaired) electrons. The Hall–Kier alpha value is -2.92. The molecular formula is C15H16N6O2. The Labute approximate surface area is 133 Å². The summed E-state index contributed by atoms with van der Waals surface area (Å²) in [4.78, 5) is 18.6. The molecule has 8 heteroatoms. The fraction of sp³-hybridized carbons (Fsp3) is 0.333. The predicted octanol–water partition coefficient (Wildman–Crippen LogP) is 0.776. The van der Waals surface area contributed by atoms with Gasteiger partial charge in [-0.1, -0.05) is 0 Å². The number of nitrogens with zero attached hydrogens (tertiary/aromatic N) is 5. The van der Waals surface area contributed by atoms with Crippen molar-refractivity contribution < 1.29 is 9.53 Å². The Balaban J connectivity index is 1.78. The summed E-state index contributed by atoms with van der Waals surface area (Å²) in [5.41, 5.74) is 1.61. The molecule has 3 rings (SSSR count). The lowest BCUT2D eigenvalue weighted by Gasteiger charge is -2.28. The van der Waals surface area contributed by atoms with Crippen LogP contribution in [0, 0.1) is 11.3 Å². The van der Waals surface area contributed by atoms with E-state index >= 15 is 0 Å². The minimum Gasteiger partial charge on any atom is -0.378 e. The molecule has 0 unspecified atom stereocenters. The SMILES string of the molecule is Cn1cc(C#N)c(NC(=O)c2cncc(N3CCOCC3)c2)n1. The first-order chi connectivity index (χ1) is 11.2. The lowest BCUT2D eigenvalue weighted by molar-refractivity contribution is 0.102. The van der Waals surface area contributed by atoms with Crippen LogP contribution in [-0.4, -0.2) is 47.0 Å². The first-order valence-electron chi connectivity index (χ1n) is 7.20. The molecule has 1 aliphatic heterocycles. The van der Waals surface area contributed by atoms with Crippen molar-refractivity contribution >= 4 is 17.4 Å². The largest absolute Gasteiger partial charge is 0.378 e. The van der Waals surface area contributed by atoms with E-state index in [1.165, 1.54) is 10.9 Å². The van der Waals surface area contributed by atoms with E-state index in [1.807, 2.05) is 6.07 Å². The number of aromatic nitrogens is 3. The molecule has 1 fully saturated rings. The van der Waals surface area contributed by atoms with Crippen LogP contribution >= 0.6 is 0 Å². The van der Waals surface area contributed by atoms with Crippen LogP contribution in [0.15, 0.2) is 24.7 Å². The molecular weight excluding hydrogens is 296 g/mol. The van der Waals surface area contributed by atoms with E-state index in [4.69, 9.17) is 10.00 Å². The summed E-state index contributed by atoms with van der Waals surface area (Å²) >= 11 is 0. The molecule has 0 atom stereocenters. The van der Waals surface area contributed by atoms with Crippen LogP contribution in [-0.2, 0) is 11.8 Å². The third-order valence-electron chi connectivity index (χ3n) is 3.54. The Bertz CT molecular complexity index is 758. The van der Waals surface area contributed by atoms with Gasteiger partial charge in [0.05, 0.1) is 30.7 Å². The van der Waals surface area contributed by atoms with Crippen LogP contribution in [0.25, 0.3) is 0 Å². The lowest BCUT2D eigenvalue weighted by atomic mass is 10.2. The molecule has 1 saturated heterocycles. The molecule has 2 aromatic heterocycles. The fourth-order valence-electron chi connectivity index (χ4n) is 2.39. The van der Waals surface area contributed by atoms with Crippen LogP contribution in [0.5, 0.6) is 0 Å². The number of rotatable bonds is 3. The maximum Gasteiger partial charge on any atom is 0.258 e. The third kappa shape index (κ3) is 3.30. The number of ether oxygens (including phenoxy) is 1. The number of aryl methyl sites for hydroxylation is 1. The Morgan fingerprint density at radius 2 is 2.17 bits per heavy atom. The van der Waals surface area contributed by atoms with Crippen molar-refractivity contribution in [3.8, 4) is 6.07 Å². The molecule has 118 valence electrons. The van der Waals surface area contributed by atoms with Crippen LogP contribution in [0.4, 0.5) is 11.5 Å². The highest BCUT2D eigenvalue weighted by atomic mass is 16.5. The van der Waals surface area contributed by atoms with Gasteiger partial charge in [-0.25, -0.2) is 0 Å². The molecule has 0 aromatic carbocycles. The summed E-state index contributed by atoms with van der Waals surface area (Å²) in [5.74, 6) is -0.0976. The standard InChI is InChI=1S/C15H16N6O2/c1-20-10-12(7-16)14(19-20)18-15(22)11-6-13(9-17-8-11)21-2-4-23-5-3-21/h6,8-10H,2-5H2,1H3,(H,18,19,22). The van der Waals surface area contributed by atoms with Gasteiger partial charge >= 0.3 is 0 Å². The van der Waals surface area contributed by atoms with E-state index < -0.39 is 0 Å². The number of hydrogen-bond acceptors (Lipinski definition) is 6. The topological polar surface area (TPSA) is 96.1 Å². The van der Waals surface area contributed by atoms with Crippen molar-refractivity contribution in [1.82, 2.24) is 14.8 Å². The zero-order chi connectivity index (χ0) is 16.2. The van der Waals surface area contributed by atoms with Gasteiger partial charge in [-0.15, -0.1) is 0 Å². The van der Waals surface area contributed by atoms with Gasteiger partial charge in [-0.2, -0.15) is 10.4 Å². The smallest absolute Gasteiger partial charge is 0.258 e. The van der Waals surface area contributed by atoms with Crippen molar-refractivity contribution in [2.45, 2.75) is 0 Å². The maximum atomic E-state index is 12.4. The van der Waals surface area contributed by atoms with Gasteiger partial charge in [0.1, 0.15) is 11.6 Å². The minimum absolute atomic E-state index is 0.247. The molecule has 2 aromatic rings. The number of morpholine rings is 1. The lowest BCUT2D eigenvalue weighted by Crippen LogP contribution is -2.36. The average molecular weight is 312 g/mol. The van der Waals surface area contributed by atoms with Crippen LogP contribution in [0.3, 0.4) is 0 Å². The van der Waals surface area contributed by atoms with Crippen LogP contribution in [0.1, 0.15) is 15.9 Å². The second kappa shape index (κ2) is 6.46. The molecule has 0 spiro atoms. The van der Waals surface area contributed by atoms with Crippen LogP contribution < -0.4 is 10.2 Å². The van der Waals surface area contributed by atoms with E-state index in [9.17, 15) is 4.79 Å². The summed E-state index contributed by atoms with van der Waals surface area (Å²) in [6.07, 6.45) is 4.77. The zero-order valence-electron chi connectivity index (χ0n) is 12.7. The quantitative estimate of drug-likeness (QED) is 0.899. The van der Waals surface area contributed by atoms with Crippen molar-refractivity contribution in [1.29, 1.82) is 5.26 Å².